The van der Waals surface area contributed by atoms with Crippen molar-refractivity contribution in [3.8, 4) is 0 Å². The molecular weight excluding hydrogens is 160 g/mol. The van der Waals surface area contributed by atoms with Crippen molar-refractivity contribution in [1.82, 2.24) is 0 Å². The van der Waals surface area contributed by atoms with E-state index in [1.54, 1.807) is 0 Å². The summed E-state index contributed by atoms with van der Waals surface area (Å²) in [7, 11) is 0. The van der Waals surface area contributed by atoms with Gasteiger partial charge in [0.15, 0.2) is 0 Å². The number of thiol groups is 1. The third kappa shape index (κ3) is 6.10. The van der Waals surface area contributed by atoms with E-state index in [2.05, 4.69) is 19.6 Å². The van der Waals surface area contributed by atoms with Crippen molar-refractivity contribution in [1.29, 1.82) is 0 Å². The van der Waals surface area contributed by atoms with E-state index in [4.69, 9.17) is 0 Å². The molecule has 0 aliphatic rings. The SMILES string of the molecule is CCCCCCC(=O)C(=O)S. The second-order valence-electron chi connectivity index (χ2n) is 2.54. The zero-order valence-corrected chi connectivity index (χ0v) is 7.69. The lowest BCUT2D eigenvalue weighted by Gasteiger charge is -1.95. The Kier molecular flexibility index (Phi) is 6.22. The average Bonchev–Trinajstić information content (AvgIpc) is 1.97. The van der Waals surface area contributed by atoms with E-state index < -0.39 is 5.12 Å². The van der Waals surface area contributed by atoms with Gasteiger partial charge in [-0.05, 0) is 6.42 Å². The van der Waals surface area contributed by atoms with E-state index in [0.717, 1.165) is 25.7 Å². The minimum atomic E-state index is -0.610. The summed E-state index contributed by atoms with van der Waals surface area (Å²) in [6.07, 6.45) is 4.49. The summed E-state index contributed by atoms with van der Waals surface area (Å²) in [5, 5.41) is -0.610. The van der Waals surface area contributed by atoms with Gasteiger partial charge in [0, 0.05) is 6.42 Å². The Labute approximate surface area is 72.8 Å². The molecule has 2 nitrogen and oxygen atoms in total. The number of ketones is 1. The van der Waals surface area contributed by atoms with Gasteiger partial charge >= 0.3 is 0 Å². The molecule has 0 unspecified atom stereocenters. The van der Waals surface area contributed by atoms with Gasteiger partial charge in [-0.1, -0.05) is 38.8 Å². The minimum absolute atomic E-state index is 0.357. The first-order chi connectivity index (χ1) is 5.18. The van der Waals surface area contributed by atoms with Gasteiger partial charge in [0.05, 0.1) is 0 Å². The monoisotopic (exact) mass is 174 g/mol. The summed E-state index contributed by atoms with van der Waals surface area (Å²) < 4.78 is 0. The van der Waals surface area contributed by atoms with Gasteiger partial charge in [-0.25, -0.2) is 0 Å². The molecule has 3 heteroatoms. The maximum absolute atomic E-state index is 10.7. The van der Waals surface area contributed by atoms with E-state index in [0.29, 0.717) is 6.42 Å². The molecule has 0 aromatic heterocycles. The van der Waals surface area contributed by atoms with Crippen LogP contribution in [0.1, 0.15) is 39.0 Å². The van der Waals surface area contributed by atoms with Crippen molar-refractivity contribution >= 4 is 23.5 Å². The molecule has 0 fully saturated rings. The van der Waals surface area contributed by atoms with Gasteiger partial charge in [-0.2, -0.15) is 0 Å². The third-order valence-electron chi connectivity index (χ3n) is 1.50. The van der Waals surface area contributed by atoms with Gasteiger partial charge in [0.1, 0.15) is 0 Å². The number of hydrogen-bond acceptors (Lipinski definition) is 2. The van der Waals surface area contributed by atoms with Crippen LogP contribution in [0.25, 0.3) is 0 Å². The van der Waals surface area contributed by atoms with E-state index >= 15 is 0 Å². The molecule has 0 spiro atoms. The fourth-order valence-corrected chi connectivity index (χ4v) is 0.931. The fourth-order valence-electron chi connectivity index (χ4n) is 0.819. The van der Waals surface area contributed by atoms with E-state index in [1.165, 1.54) is 0 Å². The lowest BCUT2D eigenvalue weighted by molar-refractivity contribution is -0.131. The van der Waals surface area contributed by atoms with E-state index in [1.807, 2.05) is 0 Å². The minimum Gasteiger partial charge on any atom is -0.290 e. The van der Waals surface area contributed by atoms with Crippen LogP contribution in [0.15, 0.2) is 0 Å². The van der Waals surface area contributed by atoms with Crippen LogP contribution in [-0.2, 0) is 9.59 Å². The second kappa shape index (κ2) is 6.40. The predicted molar refractivity (Wildman–Crippen MR) is 47.8 cm³/mol. The van der Waals surface area contributed by atoms with Crippen LogP contribution in [0.2, 0.25) is 0 Å². The Balaban J connectivity index is 3.25. The van der Waals surface area contributed by atoms with Crippen molar-refractivity contribution < 1.29 is 9.59 Å². The van der Waals surface area contributed by atoms with Crippen molar-refractivity contribution in [3.63, 3.8) is 0 Å². The molecular formula is C8H14O2S. The molecule has 0 atom stereocenters. The van der Waals surface area contributed by atoms with Crippen LogP contribution in [0.3, 0.4) is 0 Å². The Bertz CT molecular complexity index is 143. The summed E-state index contributed by atoms with van der Waals surface area (Å²) in [5.74, 6) is -0.357. The fraction of sp³-hybridized carbons (Fsp3) is 0.750. The van der Waals surface area contributed by atoms with Crippen LogP contribution < -0.4 is 0 Å². The zero-order valence-electron chi connectivity index (χ0n) is 6.80. The summed E-state index contributed by atoms with van der Waals surface area (Å²) in [6.45, 7) is 2.10. The summed E-state index contributed by atoms with van der Waals surface area (Å²) in [6, 6.07) is 0. The number of unbranched alkanes of at least 4 members (excludes halogenated alkanes) is 3. The molecule has 0 heterocycles. The van der Waals surface area contributed by atoms with Crippen LogP contribution in [0.4, 0.5) is 0 Å². The van der Waals surface area contributed by atoms with Crippen molar-refractivity contribution in [3.05, 3.63) is 0 Å². The summed E-state index contributed by atoms with van der Waals surface area (Å²) in [4.78, 5) is 21.0. The summed E-state index contributed by atoms with van der Waals surface area (Å²) in [5.41, 5.74) is 0. The van der Waals surface area contributed by atoms with Gasteiger partial charge in [-0.3, -0.25) is 9.59 Å². The number of Topliss-reactive ketones (excluding diaryl/α,β-unsaturated/α-hetero) is 1. The Morgan fingerprint density at radius 1 is 1.18 bits per heavy atom. The van der Waals surface area contributed by atoms with Crippen LogP contribution in [0, 0.1) is 0 Å². The molecule has 11 heavy (non-hydrogen) atoms. The molecule has 0 aliphatic carbocycles. The smallest absolute Gasteiger partial charge is 0.251 e. The van der Waals surface area contributed by atoms with Gasteiger partial charge in [0.25, 0.3) is 5.12 Å². The lowest BCUT2D eigenvalue weighted by atomic mass is 10.1. The van der Waals surface area contributed by atoms with Crippen molar-refractivity contribution in [2.24, 2.45) is 0 Å². The quantitative estimate of drug-likeness (QED) is 0.379. The van der Waals surface area contributed by atoms with Gasteiger partial charge in [0.2, 0.25) is 5.78 Å². The van der Waals surface area contributed by atoms with Gasteiger partial charge < -0.3 is 0 Å². The van der Waals surface area contributed by atoms with Crippen molar-refractivity contribution in [2.45, 2.75) is 39.0 Å². The number of carbonyl (C=O) groups is 2. The highest BCUT2D eigenvalue weighted by atomic mass is 32.1. The molecule has 0 bridgehead atoms. The second-order valence-corrected chi connectivity index (χ2v) is 2.95. The highest BCUT2D eigenvalue weighted by Crippen LogP contribution is 2.03. The van der Waals surface area contributed by atoms with Crippen molar-refractivity contribution in [2.75, 3.05) is 0 Å². The maximum Gasteiger partial charge on any atom is 0.251 e. The maximum atomic E-state index is 10.7. The molecule has 0 saturated heterocycles. The molecule has 0 amide bonds. The summed E-state index contributed by atoms with van der Waals surface area (Å²) >= 11 is 3.43. The number of carbonyl (C=O) groups excluding carboxylic acids is 2. The van der Waals surface area contributed by atoms with E-state index in [-0.39, 0.29) is 5.78 Å². The first-order valence-corrected chi connectivity index (χ1v) is 4.39. The predicted octanol–water partition coefficient (Wildman–Crippen LogP) is 1.98. The Morgan fingerprint density at radius 3 is 2.27 bits per heavy atom. The third-order valence-corrected chi connectivity index (χ3v) is 1.75. The number of rotatable bonds is 6. The number of hydrogen-bond donors (Lipinski definition) is 1. The normalized spacial score (nSPS) is 9.64. The van der Waals surface area contributed by atoms with Crippen LogP contribution >= 0.6 is 12.6 Å². The molecule has 0 N–H and O–H groups in total. The average molecular weight is 174 g/mol. The first-order valence-electron chi connectivity index (χ1n) is 3.94. The van der Waals surface area contributed by atoms with Crippen LogP contribution in [0.5, 0.6) is 0 Å². The molecule has 64 valence electrons. The molecule has 0 aromatic rings. The highest BCUT2D eigenvalue weighted by Gasteiger charge is 2.06. The van der Waals surface area contributed by atoms with E-state index in [9.17, 15) is 9.59 Å². The molecule has 0 aromatic carbocycles. The Morgan fingerprint density at radius 2 is 1.82 bits per heavy atom. The largest absolute Gasteiger partial charge is 0.290 e. The molecule has 0 aliphatic heterocycles. The standard InChI is InChI=1S/C8H14O2S/c1-2-3-4-5-6-7(9)8(10)11/h2-6H2,1H3,(H,10,11). The Hall–Kier alpha value is -0.310. The molecule has 0 radical (unpaired) electrons. The topological polar surface area (TPSA) is 34.1 Å². The highest BCUT2D eigenvalue weighted by molar-refractivity contribution is 7.98. The zero-order chi connectivity index (χ0) is 8.69. The lowest BCUT2D eigenvalue weighted by Crippen LogP contribution is -2.05. The van der Waals surface area contributed by atoms with Gasteiger partial charge in [-0.15, -0.1) is 0 Å². The van der Waals surface area contributed by atoms with Crippen LogP contribution in [-0.4, -0.2) is 10.9 Å². The molecule has 0 saturated carbocycles. The molecule has 0 rings (SSSR count). The first kappa shape index (κ1) is 10.7.